The Kier molecular flexibility index (Phi) is 4.41. The van der Waals surface area contributed by atoms with Crippen molar-refractivity contribution in [2.24, 2.45) is 0 Å². The van der Waals surface area contributed by atoms with Crippen LogP contribution in [0.2, 0.25) is 0 Å². The molecule has 20 heavy (non-hydrogen) atoms. The summed E-state index contributed by atoms with van der Waals surface area (Å²) >= 11 is 0.979. The van der Waals surface area contributed by atoms with Crippen LogP contribution in [-0.4, -0.2) is 43.7 Å². The molecule has 106 valence electrons. The van der Waals surface area contributed by atoms with E-state index < -0.39 is 11.7 Å². The Bertz CT molecular complexity index is 666. The van der Waals surface area contributed by atoms with Gasteiger partial charge in [-0.05, 0) is 11.6 Å². The van der Waals surface area contributed by atoms with Crippen LogP contribution in [0.25, 0.3) is 0 Å². The maximum Gasteiger partial charge on any atom is 0.344 e. The Morgan fingerprint density at radius 2 is 2.40 bits per heavy atom. The minimum Gasteiger partial charge on any atom is -0.481 e. The molecule has 2 rings (SSSR count). The largest absolute Gasteiger partial charge is 0.481 e. The van der Waals surface area contributed by atoms with E-state index in [9.17, 15) is 9.59 Å². The van der Waals surface area contributed by atoms with Gasteiger partial charge in [0.25, 0.3) is 0 Å². The zero-order valence-electron chi connectivity index (χ0n) is 10.6. The first-order valence-electron chi connectivity index (χ1n) is 5.59. The van der Waals surface area contributed by atoms with Gasteiger partial charge in [0.2, 0.25) is 5.88 Å². The second-order valence-corrected chi connectivity index (χ2v) is 4.73. The number of pyridine rings is 1. The van der Waals surface area contributed by atoms with Crippen LogP contribution in [0.3, 0.4) is 0 Å². The summed E-state index contributed by atoms with van der Waals surface area (Å²) in [6, 6.07) is 3.44. The van der Waals surface area contributed by atoms with Crippen LogP contribution in [0.15, 0.2) is 28.3 Å². The zero-order valence-corrected chi connectivity index (χ0v) is 11.4. The molecule has 8 nitrogen and oxygen atoms in total. The molecular weight excluding hydrogens is 284 g/mol. The number of carbonyl (C=O) groups is 1. The molecule has 0 fully saturated rings. The number of aromatic nitrogens is 4. The van der Waals surface area contributed by atoms with Crippen molar-refractivity contribution in [3.05, 3.63) is 34.4 Å². The van der Waals surface area contributed by atoms with Crippen LogP contribution in [-0.2, 0) is 11.3 Å². The minimum absolute atomic E-state index is 0.163. The number of rotatable bonds is 6. The summed E-state index contributed by atoms with van der Waals surface area (Å²) in [5.41, 5.74) is 0.409. The third-order valence-electron chi connectivity index (χ3n) is 2.40. The van der Waals surface area contributed by atoms with Gasteiger partial charge in [0.05, 0.1) is 19.4 Å². The number of H-pyrrole nitrogens is 1. The Balaban J connectivity index is 2.21. The van der Waals surface area contributed by atoms with Gasteiger partial charge in [0.15, 0.2) is 5.16 Å². The highest BCUT2D eigenvalue weighted by Gasteiger charge is 2.11. The third kappa shape index (κ3) is 3.38. The lowest BCUT2D eigenvalue weighted by Crippen LogP contribution is -2.18. The van der Waals surface area contributed by atoms with Gasteiger partial charge < -0.3 is 9.84 Å². The number of aliphatic carboxylic acids is 1. The van der Waals surface area contributed by atoms with Crippen molar-refractivity contribution in [3.8, 4) is 5.88 Å². The molecule has 0 atom stereocenters. The Labute approximate surface area is 117 Å². The smallest absolute Gasteiger partial charge is 0.344 e. The van der Waals surface area contributed by atoms with Crippen molar-refractivity contribution in [2.75, 3.05) is 12.9 Å². The highest BCUT2D eigenvalue weighted by Crippen LogP contribution is 2.15. The first-order chi connectivity index (χ1) is 9.60. The fraction of sp³-hybridized carbons (Fsp3) is 0.273. The van der Waals surface area contributed by atoms with Crippen LogP contribution >= 0.6 is 11.8 Å². The molecule has 0 spiro atoms. The Hall–Kier alpha value is -2.29. The van der Waals surface area contributed by atoms with Crippen LogP contribution in [0.5, 0.6) is 5.88 Å². The summed E-state index contributed by atoms with van der Waals surface area (Å²) in [5, 5.41) is 15.1. The van der Waals surface area contributed by atoms with E-state index in [-0.39, 0.29) is 12.3 Å². The molecular formula is C11H12N4O4S. The third-order valence-corrected chi connectivity index (χ3v) is 3.36. The Morgan fingerprint density at radius 1 is 1.60 bits per heavy atom. The monoisotopic (exact) mass is 296 g/mol. The van der Waals surface area contributed by atoms with E-state index in [0.717, 1.165) is 17.3 Å². The predicted octanol–water partition coefficient (Wildman–Crippen LogP) is 0.200. The number of carboxylic acids is 1. The molecule has 0 amide bonds. The molecule has 9 heteroatoms. The number of hydrogen-bond acceptors (Lipinski definition) is 6. The lowest BCUT2D eigenvalue weighted by atomic mass is 10.2. The average Bonchev–Trinajstić information content (AvgIpc) is 2.78. The topological polar surface area (TPSA) is 110 Å². The van der Waals surface area contributed by atoms with Crippen LogP contribution in [0, 0.1) is 0 Å². The normalized spacial score (nSPS) is 10.4. The summed E-state index contributed by atoms with van der Waals surface area (Å²) in [4.78, 5) is 26.2. The van der Waals surface area contributed by atoms with Gasteiger partial charge in [-0.1, -0.05) is 11.8 Å². The zero-order chi connectivity index (χ0) is 14.5. The molecule has 2 aromatic heterocycles. The molecule has 2 aromatic rings. The molecule has 0 aliphatic carbocycles. The quantitative estimate of drug-likeness (QED) is 0.733. The number of thioether (sulfide) groups is 1. The number of methoxy groups -OCH3 is 1. The van der Waals surface area contributed by atoms with Gasteiger partial charge in [-0.2, -0.15) is 0 Å². The predicted molar refractivity (Wildman–Crippen MR) is 71.1 cm³/mol. The Morgan fingerprint density at radius 3 is 3.10 bits per heavy atom. The molecule has 0 aliphatic rings. The molecule has 0 radical (unpaired) electrons. The van der Waals surface area contributed by atoms with Gasteiger partial charge in [-0.25, -0.2) is 14.9 Å². The average molecular weight is 296 g/mol. The van der Waals surface area contributed by atoms with Crippen LogP contribution in [0.4, 0.5) is 0 Å². The van der Waals surface area contributed by atoms with E-state index in [4.69, 9.17) is 9.84 Å². The fourth-order valence-electron chi connectivity index (χ4n) is 1.52. The molecule has 2 N–H and O–H groups in total. The summed E-state index contributed by atoms with van der Waals surface area (Å²) < 4.78 is 6.37. The van der Waals surface area contributed by atoms with Crippen LogP contribution < -0.4 is 10.4 Å². The number of ether oxygens (including phenoxy) is 1. The van der Waals surface area contributed by atoms with Gasteiger partial charge in [0, 0.05) is 12.3 Å². The lowest BCUT2D eigenvalue weighted by molar-refractivity contribution is -0.133. The standard InChI is InChI=1S/C11H12N4O4S/c1-19-8-4-7(2-3-12-8)5-15-10(18)13-14-11(15)20-6-9(16)17/h2-4H,5-6H2,1H3,(H,13,18)(H,16,17). The first-order valence-corrected chi connectivity index (χ1v) is 6.57. The summed E-state index contributed by atoms with van der Waals surface area (Å²) in [6.45, 7) is 0.260. The highest BCUT2D eigenvalue weighted by molar-refractivity contribution is 7.99. The lowest BCUT2D eigenvalue weighted by Gasteiger charge is -2.06. The summed E-state index contributed by atoms with van der Waals surface area (Å²) in [5.74, 6) is -0.689. The van der Waals surface area contributed by atoms with Crippen molar-refractivity contribution < 1.29 is 14.6 Å². The SMILES string of the molecule is COc1cc(Cn2c(SCC(=O)O)n[nH]c2=O)ccn1. The van der Waals surface area contributed by atoms with Crippen LogP contribution in [0.1, 0.15) is 5.56 Å². The van der Waals surface area contributed by atoms with E-state index in [1.807, 2.05) is 0 Å². The molecule has 2 heterocycles. The van der Waals surface area contributed by atoms with Gasteiger partial charge >= 0.3 is 11.7 Å². The molecule has 0 saturated heterocycles. The molecule has 0 unspecified atom stereocenters. The van der Waals surface area contributed by atoms with Crippen molar-refractivity contribution in [2.45, 2.75) is 11.7 Å². The van der Waals surface area contributed by atoms with E-state index in [0.29, 0.717) is 11.0 Å². The van der Waals surface area contributed by atoms with Crippen molar-refractivity contribution in [1.82, 2.24) is 19.7 Å². The van der Waals surface area contributed by atoms with Crippen molar-refractivity contribution in [3.63, 3.8) is 0 Å². The van der Waals surface area contributed by atoms with E-state index in [2.05, 4.69) is 15.2 Å². The van der Waals surface area contributed by atoms with Gasteiger partial charge in [0.1, 0.15) is 0 Å². The van der Waals surface area contributed by atoms with E-state index in [1.54, 1.807) is 18.3 Å². The molecule has 0 aliphatic heterocycles. The van der Waals surface area contributed by atoms with Gasteiger partial charge in [-0.15, -0.1) is 5.10 Å². The number of nitrogens with zero attached hydrogens (tertiary/aromatic N) is 3. The number of carboxylic acid groups (broad SMARTS) is 1. The second kappa shape index (κ2) is 6.24. The number of hydrogen-bond donors (Lipinski definition) is 2. The maximum absolute atomic E-state index is 11.7. The summed E-state index contributed by atoms with van der Waals surface area (Å²) in [7, 11) is 1.50. The second-order valence-electron chi connectivity index (χ2n) is 3.79. The van der Waals surface area contributed by atoms with E-state index in [1.165, 1.54) is 11.7 Å². The molecule has 0 saturated carbocycles. The molecule has 0 bridgehead atoms. The highest BCUT2D eigenvalue weighted by atomic mass is 32.2. The summed E-state index contributed by atoms with van der Waals surface area (Å²) in [6.07, 6.45) is 1.57. The van der Waals surface area contributed by atoms with E-state index >= 15 is 0 Å². The first kappa shape index (κ1) is 14.1. The maximum atomic E-state index is 11.7. The van der Waals surface area contributed by atoms with Crippen molar-refractivity contribution in [1.29, 1.82) is 0 Å². The van der Waals surface area contributed by atoms with Crippen molar-refractivity contribution >= 4 is 17.7 Å². The molecule has 0 aromatic carbocycles. The number of aromatic amines is 1. The minimum atomic E-state index is -0.970. The fourth-order valence-corrected chi connectivity index (χ4v) is 2.19. The van der Waals surface area contributed by atoms with Gasteiger partial charge in [-0.3, -0.25) is 9.36 Å². The number of nitrogens with one attached hydrogen (secondary N) is 1.